The van der Waals surface area contributed by atoms with Gasteiger partial charge in [-0.15, -0.1) is 0 Å². The summed E-state index contributed by atoms with van der Waals surface area (Å²) in [5.74, 6) is 0.369. The van der Waals surface area contributed by atoms with Crippen LogP contribution in [-0.4, -0.2) is 40.5 Å². The first-order valence-corrected chi connectivity index (χ1v) is 11.1. The highest BCUT2D eigenvalue weighted by Crippen LogP contribution is 2.34. The van der Waals surface area contributed by atoms with E-state index in [1.807, 2.05) is 42.5 Å². The van der Waals surface area contributed by atoms with Crippen LogP contribution >= 0.6 is 0 Å². The number of aryl methyl sites for hydroxylation is 1. The Morgan fingerprint density at radius 1 is 1.06 bits per heavy atom. The van der Waals surface area contributed by atoms with Crippen molar-refractivity contribution >= 4 is 23.3 Å². The topological polar surface area (TPSA) is 67.1 Å². The minimum atomic E-state index is -0.970. The van der Waals surface area contributed by atoms with Crippen molar-refractivity contribution in [3.8, 4) is 17.0 Å². The quantitative estimate of drug-likeness (QED) is 0.264. The van der Waals surface area contributed by atoms with Gasteiger partial charge in [-0.3, -0.25) is 9.78 Å². The lowest BCUT2D eigenvalue weighted by Gasteiger charge is -2.27. The molecular formula is C27H26N4O3. The second-order valence-electron chi connectivity index (χ2n) is 8.66. The van der Waals surface area contributed by atoms with Gasteiger partial charge in [-0.25, -0.2) is 14.5 Å². The molecule has 3 amide bonds. The second kappa shape index (κ2) is 9.36. The maximum atomic E-state index is 13.2. The van der Waals surface area contributed by atoms with Crippen LogP contribution in [0, 0.1) is 13.5 Å². The average molecular weight is 455 g/mol. The van der Waals surface area contributed by atoms with Gasteiger partial charge in [0.15, 0.2) is 5.69 Å². The van der Waals surface area contributed by atoms with E-state index in [-0.39, 0.29) is 11.9 Å². The zero-order valence-electron chi connectivity index (χ0n) is 19.5. The number of pyridine rings is 1. The van der Waals surface area contributed by atoms with Crippen molar-refractivity contribution in [1.82, 2.24) is 9.88 Å². The van der Waals surface area contributed by atoms with E-state index < -0.39 is 5.54 Å². The van der Waals surface area contributed by atoms with Gasteiger partial charge >= 0.3 is 6.03 Å². The van der Waals surface area contributed by atoms with Crippen LogP contribution in [0.2, 0.25) is 0 Å². The first-order chi connectivity index (χ1) is 16.3. The summed E-state index contributed by atoms with van der Waals surface area (Å²) in [4.78, 5) is 36.9. The summed E-state index contributed by atoms with van der Waals surface area (Å²) in [6.07, 6.45) is 2.25. The predicted octanol–water partition coefficient (Wildman–Crippen LogP) is 5.62. The monoisotopic (exact) mass is 454 g/mol. The molecule has 0 spiro atoms. The number of carbonyl (C=O) groups excluding carboxylic acids is 2. The summed E-state index contributed by atoms with van der Waals surface area (Å²) < 4.78 is 5.81. The Labute approximate surface area is 199 Å². The molecule has 1 saturated heterocycles. The third-order valence-corrected chi connectivity index (χ3v) is 5.98. The third kappa shape index (κ3) is 4.35. The molecular weight excluding hydrogens is 428 g/mol. The molecule has 172 valence electrons. The molecule has 2 heterocycles. The number of benzene rings is 2. The van der Waals surface area contributed by atoms with Crippen molar-refractivity contribution < 1.29 is 14.3 Å². The number of hydrogen-bond acceptors (Lipinski definition) is 4. The second-order valence-corrected chi connectivity index (χ2v) is 8.66. The molecule has 7 nitrogen and oxygen atoms in total. The number of urea groups is 1. The molecule has 3 aromatic rings. The molecule has 0 bridgehead atoms. The van der Waals surface area contributed by atoms with Gasteiger partial charge in [0.25, 0.3) is 5.91 Å². The molecule has 0 unspecified atom stereocenters. The normalized spacial score (nSPS) is 14.9. The van der Waals surface area contributed by atoms with Crippen LogP contribution in [0.25, 0.3) is 16.1 Å². The SMILES string of the molecule is [C-]#[N+]c1ccc(N2C(=O)N(CCCOc3ccc(-c4ccccc4)nc3)C(C)(C)C2=O)cc1C. The van der Waals surface area contributed by atoms with Gasteiger partial charge in [0.2, 0.25) is 0 Å². The van der Waals surface area contributed by atoms with Crippen LogP contribution in [-0.2, 0) is 4.79 Å². The molecule has 7 heteroatoms. The first kappa shape index (κ1) is 23.0. The number of nitrogens with zero attached hydrogens (tertiary/aromatic N) is 4. The van der Waals surface area contributed by atoms with E-state index in [2.05, 4.69) is 9.83 Å². The van der Waals surface area contributed by atoms with Crippen molar-refractivity contribution in [3.05, 3.63) is 83.8 Å². The van der Waals surface area contributed by atoms with Crippen molar-refractivity contribution in [3.63, 3.8) is 0 Å². The lowest BCUT2D eigenvalue weighted by Crippen LogP contribution is -2.44. The van der Waals surface area contributed by atoms with Gasteiger partial charge in [0, 0.05) is 12.1 Å². The highest BCUT2D eigenvalue weighted by molar-refractivity contribution is 6.23. The van der Waals surface area contributed by atoms with Crippen LogP contribution in [0.3, 0.4) is 0 Å². The Morgan fingerprint density at radius 3 is 2.47 bits per heavy atom. The molecule has 0 aliphatic carbocycles. The number of ether oxygens (including phenoxy) is 1. The number of hydrogen-bond donors (Lipinski definition) is 0. The predicted molar refractivity (Wildman–Crippen MR) is 131 cm³/mol. The summed E-state index contributed by atoms with van der Waals surface area (Å²) in [5, 5.41) is 0. The van der Waals surface area contributed by atoms with Gasteiger partial charge in [-0.05, 0) is 57.0 Å². The van der Waals surface area contributed by atoms with E-state index >= 15 is 0 Å². The summed E-state index contributed by atoms with van der Waals surface area (Å²) in [6, 6.07) is 18.3. The maximum Gasteiger partial charge on any atom is 0.332 e. The summed E-state index contributed by atoms with van der Waals surface area (Å²) in [5.41, 5.74) is 2.65. The average Bonchev–Trinajstić information content (AvgIpc) is 3.01. The van der Waals surface area contributed by atoms with Crippen LogP contribution < -0.4 is 9.64 Å². The number of rotatable bonds is 7. The van der Waals surface area contributed by atoms with Crippen molar-refractivity contribution in [1.29, 1.82) is 0 Å². The number of aromatic nitrogens is 1. The van der Waals surface area contributed by atoms with Gasteiger partial charge in [0.05, 0.1) is 30.8 Å². The molecule has 2 aromatic carbocycles. The zero-order valence-corrected chi connectivity index (χ0v) is 19.5. The summed E-state index contributed by atoms with van der Waals surface area (Å²) >= 11 is 0. The largest absolute Gasteiger partial charge is 0.492 e. The Bertz CT molecular complexity index is 1250. The van der Waals surface area contributed by atoms with Crippen LogP contribution in [0.4, 0.5) is 16.2 Å². The standard InChI is InChI=1S/C27H26N4O3/c1-19-17-21(11-13-23(19)28-4)31-25(32)27(2,3)30(26(31)33)15-8-16-34-22-12-14-24(29-18-22)20-9-6-5-7-10-20/h5-7,9-14,17-18H,8,15-16H2,1-3H3. The Hall–Kier alpha value is -4.18. The van der Waals surface area contributed by atoms with Crippen molar-refractivity contribution in [2.75, 3.05) is 18.1 Å². The molecule has 0 saturated carbocycles. The molecule has 1 aliphatic rings. The fourth-order valence-corrected chi connectivity index (χ4v) is 4.00. The zero-order chi connectivity index (χ0) is 24.3. The fourth-order valence-electron chi connectivity index (χ4n) is 4.00. The molecule has 1 fully saturated rings. The van der Waals surface area contributed by atoms with Gasteiger partial charge in [0.1, 0.15) is 11.3 Å². The Kier molecular flexibility index (Phi) is 6.33. The Balaban J connectivity index is 1.37. The van der Waals surface area contributed by atoms with E-state index in [1.54, 1.807) is 50.1 Å². The summed E-state index contributed by atoms with van der Waals surface area (Å²) in [7, 11) is 0. The highest BCUT2D eigenvalue weighted by Gasteiger charge is 2.51. The third-order valence-electron chi connectivity index (χ3n) is 5.98. The molecule has 0 radical (unpaired) electrons. The van der Waals surface area contributed by atoms with Crippen LogP contribution in [0.15, 0.2) is 66.9 Å². The van der Waals surface area contributed by atoms with Crippen LogP contribution in [0.1, 0.15) is 25.8 Å². The number of imide groups is 1. The molecule has 4 rings (SSSR count). The smallest absolute Gasteiger partial charge is 0.332 e. The highest BCUT2D eigenvalue weighted by atomic mass is 16.5. The summed E-state index contributed by atoms with van der Waals surface area (Å²) in [6.45, 7) is 13.3. The minimum Gasteiger partial charge on any atom is -0.492 e. The molecule has 1 aromatic heterocycles. The lowest BCUT2D eigenvalue weighted by molar-refractivity contribution is -0.123. The van der Waals surface area contributed by atoms with E-state index in [0.29, 0.717) is 36.7 Å². The van der Waals surface area contributed by atoms with E-state index in [4.69, 9.17) is 11.3 Å². The van der Waals surface area contributed by atoms with Gasteiger partial charge in [-0.1, -0.05) is 36.4 Å². The van der Waals surface area contributed by atoms with E-state index in [0.717, 1.165) is 16.8 Å². The van der Waals surface area contributed by atoms with Gasteiger partial charge in [-0.2, -0.15) is 0 Å². The van der Waals surface area contributed by atoms with E-state index in [9.17, 15) is 9.59 Å². The van der Waals surface area contributed by atoms with Crippen molar-refractivity contribution in [2.45, 2.75) is 32.7 Å². The van der Waals surface area contributed by atoms with Crippen molar-refractivity contribution in [2.24, 2.45) is 0 Å². The number of carbonyl (C=O) groups is 2. The van der Waals surface area contributed by atoms with Crippen LogP contribution in [0.5, 0.6) is 5.75 Å². The molecule has 1 aliphatic heterocycles. The lowest BCUT2D eigenvalue weighted by atomic mass is 10.0. The fraction of sp³-hybridized carbons (Fsp3) is 0.259. The van der Waals surface area contributed by atoms with E-state index in [1.165, 1.54) is 4.90 Å². The molecule has 0 N–H and O–H groups in total. The first-order valence-electron chi connectivity index (χ1n) is 11.1. The number of amides is 3. The molecule has 0 atom stereocenters. The Morgan fingerprint density at radius 2 is 1.82 bits per heavy atom. The number of anilines is 1. The molecule has 34 heavy (non-hydrogen) atoms. The maximum absolute atomic E-state index is 13.2. The minimum absolute atomic E-state index is 0.283. The van der Waals surface area contributed by atoms with Gasteiger partial charge < -0.3 is 9.64 Å².